The van der Waals surface area contributed by atoms with Crippen LogP contribution in [-0.4, -0.2) is 29.1 Å². The first-order valence-electron chi connectivity index (χ1n) is 6.11. The van der Waals surface area contributed by atoms with E-state index < -0.39 is 12.8 Å². The number of ether oxygens (including phenoxy) is 1. The van der Waals surface area contributed by atoms with E-state index in [0.717, 1.165) is 11.1 Å². The van der Waals surface area contributed by atoms with Crippen molar-refractivity contribution in [3.05, 3.63) is 35.6 Å². The first-order chi connectivity index (χ1) is 9.89. The second-order valence-electron chi connectivity index (χ2n) is 4.33. The van der Waals surface area contributed by atoms with Crippen LogP contribution in [0.25, 0.3) is 11.1 Å². The smallest absolute Gasteiger partial charge is 0.422 e. The number of nitrogens with two attached hydrogens (primary N) is 1. The van der Waals surface area contributed by atoms with E-state index in [0.29, 0.717) is 13.1 Å². The summed E-state index contributed by atoms with van der Waals surface area (Å²) in [5.74, 6) is -0.00732. The summed E-state index contributed by atoms with van der Waals surface area (Å²) >= 11 is 5.94. The van der Waals surface area contributed by atoms with Gasteiger partial charge in [0.05, 0.1) is 17.8 Å². The molecular weight excluding hydrogens is 342 g/mol. The standard InChI is InChI=1S/C13H13ClF3N3O.ClH/c14-11-5-9(10-6-19-20(7-10)4-3-18)1-2-12(11)21-8-13(15,16)17;/h1-2,5-7H,3-4,8,18H2;1H. The molecule has 0 spiro atoms. The van der Waals surface area contributed by atoms with Gasteiger partial charge >= 0.3 is 6.18 Å². The fraction of sp³-hybridized carbons (Fsp3) is 0.308. The topological polar surface area (TPSA) is 53.1 Å². The SMILES string of the molecule is Cl.NCCn1cc(-c2ccc(OCC(F)(F)F)c(Cl)c2)cn1. The van der Waals surface area contributed by atoms with Gasteiger partial charge in [0, 0.05) is 18.3 Å². The second-order valence-corrected chi connectivity index (χ2v) is 4.74. The normalized spacial score (nSPS) is 11.1. The highest BCUT2D eigenvalue weighted by Crippen LogP contribution is 2.31. The summed E-state index contributed by atoms with van der Waals surface area (Å²) in [6, 6.07) is 4.57. The Balaban J connectivity index is 0.00000242. The molecule has 1 aromatic heterocycles. The molecule has 0 amide bonds. The molecule has 1 heterocycles. The van der Waals surface area contributed by atoms with Crippen molar-refractivity contribution in [2.45, 2.75) is 12.7 Å². The molecule has 4 nitrogen and oxygen atoms in total. The van der Waals surface area contributed by atoms with Crippen molar-refractivity contribution < 1.29 is 17.9 Å². The zero-order chi connectivity index (χ0) is 15.5. The Kier molecular flexibility index (Phi) is 6.52. The molecule has 0 aliphatic carbocycles. The van der Waals surface area contributed by atoms with Crippen LogP contribution in [0.1, 0.15) is 0 Å². The van der Waals surface area contributed by atoms with Gasteiger partial charge in [-0.05, 0) is 17.7 Å². The average Bonchev–Trinajstić information content (AvgIpc) is 2.85. The van der Waals surface area contributed by atoms with Crippen LogP contribution in [0, 0.1) is 0 Å². The molecule has 2 aromatic rings. The van der Waals surface area contributed by atoms with E-state index in [9.17, 15) is 13.2 Å². The summed E-state index contributed by atoms with van der Waals surface area (Å²) in [5.41, 5.74) is 6.97. The van der Waals surface area contributed by atoms with Gasteiger partial charge in [-0.2, -0.15) is 18.3 Å². The molecule has 0 bridgehead atoms. The highest BCUT2D eigenvalue weighted by Gasteiger charge is 2.28. The molecule has 0 aliphatic rings. The fourth-order valence-corrected chi connectivity index (χ4v) is 1.96. The molecule has 2 N–H and O–H groups in total. The van der Waals surface area contributed by atoms with Gasteiger partial charge in [0.2, 0.25) is 0 Å². The number of rotatable bonds is 5. The van der Waals surface area contributed by atoms with Gasteiger partial charge in [-0.25, -0.2) is 0 Å². The quantitative estimate of drug-likeness (QED) is 0.892. The largest absolute Gasteiger partial charge is 0.483 e. The summed E-state index contributed by atoms with van der Waals surface area (Å²) in [7, 11) is 0. The van der Waals surface area contributed by atoms with Gasteiger partial charge in [0.25, 0.3) is 0 Å². The summed E-state index contributed by atoms with van der Waals surface area (Å²) in [6.45, 7) is -0.326. The number of alkyl halides is 3. The Bertz CT molecular complexity index is 617. The lowest BCUT2D eigenvalue weighted by atomic mass is 10.1. The number of hydrogen-bond acceptors (Lipinski definition) is 3. The number of hydrogen-bond donors (Lipinski definition) is 1. The van der Waals surface area contributed by atoms with Gasteiger partial charge in [-0.15, -0.1) is 12.4 Å². The van der Waals surface area contributed by atoms with Crippen molar-refractivity contribution in [2.24, 2.45) is 5.73 Å². The van der Waals surface area contributed by atoms with Gasteiger partial charge < -0.3 is 10.5 Å². The van der Waals surface area contributed by atoms with Crippen LogP contribution in [0.15, 0.2) is 30.6 Å². The summed E-state index contributed by atoms with van der Waals surface area (Å²) in [6.07, 6.45) is -0.975. The summed E-state index contributed by atoms with van der Waals surface area (Å²) in [4.78, 5) is 0. The van der Waals surface area contributed by atoms with Crippen molar-refractivity contribution in [3.63, 3.8) is 0 Å². The van der Waals surface area contributed by atoms with E-state index in [1.54, 1.807) is 23.1 Å². The molecule has 0 saturated heterocycles. The fourth-order valence-electron chi connectivity index (χ4n) is 1.72. The third kappa shape index (κ3) is 5.08. The molecule has 1 aromatic carbocycles. The number of nitrogens with zero attached hydrogens (tertiary/aromatic N) is 2. The molecule has 0 aliphatic heterocycles. The molecule has 22 heavy (non-hydrogen) atoms. The minimum atomic E-state index is -4.40. The average molecular weight is 356 g/mol. The number of benzene rings is 1. The van der Waals surface area contributed by atoms with Gasteiger partial charge in [-0.3, -0.25) is 4.68 Å². The lowest BCUT2D eigenvalue weighted by Gasteiger charge is -2.11. The van der Waals surface area contributed by atoms with Crippen LogP contribution >= 0.6 is 24.0 Å². The van der Waals surface area contributed by atoms with Crippen LogP contribution in [-0.2, 0) is 6.54 Å². The number of halogens is 5. The third-order valence-electron chi connectivity index (χ3n) is 2.65. The van der Waals surface area contributed by atoms with E-state index in [1.165, 1.54) is 12.1 Å². The minimum Gasteiger partial charge on any atom is -0.483 e. The first-order valence-corrected chi connectivity index (χ1v) is 6.49. The maximum absolute atomic E-state index is 12.1. The zero-order valence-corrected chi connectivity index (χ0v) is 12.9. The Morgan fingerprint density at radius 3 is 2.59 bits per heavy atom. The molecule has 2 rings (SSSR count). The molecule has 9 heteroatoms. The zero-order valence-electron chi connectivity index (χ0n) is 11.3. The molecule has 0 radical (unpaired) electrons. The monoisotopic (exact) mass is 355 g/mol. The van der Waals surface area contributed by atoms with Crippen LogP contribution in [0.3, 0.4) is 0 Å². The predicted molar refractivity (Wildman–Crippen MR) is 80.5 cm³/mol. The highest BCUT2D eigenvalue weighted by molar-refractivity contribution is 6.32. The Labute approximate surface area is 136 Å². The maximum atomic E-state index is 12.1. The Morgan fingerprint density at radius 1 is 1.27 bits per heavy atom. The summed E-state index contributed by atoms with van der Waals surface area (Å²) in [5, 5.41) is 4.23. The van der Waals surface area contributed by atoms with Crippen molar-refractivity contribution in [2.75, 3.05) is 13.2 Å². The minimum absolute atomic E-state index is 0. The van der Waals surface area contributed by atoms with E-state index in [1.807, 2.05) is 0 Å². The van der Waals surface area contributed by atoms with Crippen molar-refractivity contribution >= 4 is 24.0 Å². The van der Waals surface area contributed by atoms with E-state index >= 15 is 0 Å². The highest BCUT2D eigenvalue weighted by atomic mass is 35.5. The first kappa shape index (κ1) is 18.6. The van der Waals surface area contributed by atoms with Crippen molar-refractivity contribution in [3.8, 4) is 16.9 Å². The van der Waals surface area contributed by atoms with Crippen LogP contribution < -0.4 is 10.5 Å². The lowest BCUT2D eigenvalue weighted by molar-refractivity contribution is -0.153. The van der Waals surface area contributed by atoms with Gasteiger partial charge in [0.15, 0.2) is 6.61 Å². The van der Waals surface area contributed by atoms with Crippen LogP contribution in [0.2, 0.25) is 5.02 Å². The van der Waals surface area contributed by atoms with Crippen LogP contribution in [0.5, 0.6) is 5.75 Å². The lowest BCUT2D eigenvalue weighted by Crippen LogP contribution is -2.19. The van der Waals surface area contributed by atoms with Crippen molar-refractivity contribution in [1.29, 1.82) is 0 Å². The second kappa shape index (κ2) is 7.71. The van der Waals surface area contributed by atoms with E-state index in [4.69, 9.17) is 17.3 Å². The Morgan fingerprint density at radius 2 is 2.00 bits per heavy atom. The molecule has 0 unspecified atom stereocenters. The molecule has 0 saturated carbocycles. The van der Waals surface area contributed by atoms with Gasteiger partial charge in [-0.1, -0.05) is 17.7 Å². The van der Waals surface area contributed by atoms with Crippen molar-refractivity contribution in [1.82, 2.24) is 9.78 Å². The van der Waals surface area contributed by atoms with Gasteiger partial charge in [0.1, 0.15) is 5.75 Å². The van der Waals surface area contributed by atoms with E-state index in [-0.39, 0.29) is 23.2 Å². The third-order valence-corrected chi connectivity index (χ3v) is 2.94. The molecule has 0 atom stereocenters. The van der Waals surface area contributed by atoms with Crippen LogP contribution in [0.4, 0.5) is 13.2 Å². The molecular formula is C13H14Cl2F3N3O. The predicted octanol–water partition coefficient (Wildman–Crippen LogP) is 3.53. The molecule has 122 valence electrons. The summed E-state index contributed by atoms with van der Waals surface area (Å²) < 4.78 is 42.6. The molecule has 0 fully saturated rings. The Hall–Kier alpha value is -1.44. The maximum Gasteiger partial charge on any atom is 0.422 e. The van der Waals surface area contributed by atoms with E-state index in [2.05, 4.69) is 9.84 Å². The number of aromatic nitrogens is 2.